The van der Waals surface area contributed by atoms with Gasteiger partial charge in [0.2, 0.25) is 0 Å². The number of hydrogen-bond acceptors (Lipinski definition) is 5. The van der Waals surface area contributed by atoms with Crippen LogP contribution in [-0.2, 0) is 4.79 Å². The summed E-state index contributed by atoms with van der Waals surface area (Å²) < 4.78 is 0. The maximum atomic E-state index is 10.5. The Bertz CT molecular complexity index is 595. The minimum absolute atomic E-state index is 0.0341. The molecule has 19 heavy (non-hydrogen) atoms. The molecule has 0 fully saturated rings. The molecule has 0 atom stereocenters. The van der Waals surface area contributed by atoms with E-state index in [1.165, 1.54) is 6.33 Å². The van der Waals surface area contributed by atoms with E-state index in [1.807, 2.05) is 12.1 Å². The van der Waals surface area contributed by atoms with Crippen molar-refractivity contribution in [3.63, 3.8) is 0 Å². The van der Waals surface area contributed by atoms with Gasteiger partial charge < -0.3 is 10.4 Å². The van der Waals surface area contributed by atoms with Gasteiger partial charge in [0.05, 0.1) is 5.75 Å². The number of rotatable bonds is 5. The molecule has 0 aliphatic heterocycles. The molecule has 98 valence electrons. The van der Waals surface area contributed by atoms with E-state index in [-0.39, 0.29) is 5.75 Å². The van der Waals surface area contributed by atoms with E-state index in [0.29, 0.717) is 15.9 Å². The average molecular weight is 296 g/mol. The van der Waals surface area contributed by atoms with Crippen LogP contribution in [0.4, 0.5) is 11.5 Å². The second kappa shape index (κ2) is 6.40. The lowest BCUT2D eigenvalue weighted by Crippen LogP contribution is -1.99. The van der Waals surface area contributed by atoms with Crippen molar-refractivity contribution in [3.05, 3.63) is 41.7 Å². The highest BCUT2D eigenvalue weighted by Gasteiger charge is 2.03. The first-order valence-electron chi connectivity index (χ1n) is 5.33. The van der Waals surface area contributed by atoms with Crippen molar-refractivity contribution < 1.29 is 9.90 Å². The van der Waals surface area contributed by atoms with Crippen molar-refractivity contribution in [2.45, 2.75) is 5.03 Å². The number of carboxylic acids is 1. The Labute approximate surface area is 119 Å². The number of benzene rings is 1. The summed E-state index contributed by atoms with van der Waals surface area (Å²) in [6.45, 7) is 0. The summed E-state index contributed by atoms with van der Waals surface area (Å²) in [7, 11) is 0. The molecule has 0 unspecified atom stereocenters. The predicted molar refractivity (Wildman–Crippen MR) is 75.1 cm³/mol. The van der Waals surface area contributed by atoms with Gasteiger partial charge in [-0.05, 0) is 18.2 Å². The van der Waals surface area contributed by atoms with Crippen molar-refractivity contribution in [3.8, 4) is 0 Å². The van der Waals surface area contributed by atoms with Crippen LogP contribution in [0.5, 0.6) is 0 Å². The number of halogens is 1. The fourth-order valence-corrected chi connectivity index (χ4v) is 2.11. The molecule has 0 saturated heterocycles. The highest BCUT2D eigenvalue weighted by Crippen LogP contribution is 2.21. The molecule has 7 heteroatoms. The van der Waals surface area contributed by atoms with Crippen molar-refractivity contribution >= 4 is 40.8 Å². The normalized spacial score (nSPS) is 10.2. The first-order valence-corrected chi connectivity index (χ1v) is 6.69. The summed E-state index contributed by atoms with van der Waals surface area (Å²) in [5.74, 6) is -0.328. The summed E-state index contributed by atoms with van der Waals surface area (Å²) in [5.41, 5.74) is 0.806. The van der Waals surface area contributed by atoms with Crippen LogP contribution < -0.4 is 5.32 Å². The molecule has 2 aromatic rings. The van der Waals surface area contributed by atoms with Gasteiger partial charge in [-0.1, -0.05) is 29.4 Å². The van der Waals surface area contributed by atoms with Crippen molar-refractivity contribution in [2.75, 3.05) is 11.1 Å². The maximum Gasteiger partial charge on any atom is 0.313 e. The lowest BCUT2D eigenvalue weighted by atomic mass is 10.3. The molecule has 1 heterocycles. The van der Waals surface area contributed by atoms with E-state index in [0.717, 1.165) is 17.4 Å². The van der Waals surface area contributed by atoms with Crippen LogP contribution in [0.2, 0.25) is 5.02 Å². The van der Waals surface area contributed by atoms with Crippen LogP contribution in [0.25, 0.3) is 0 Å². The smallest absolute Gasteiger partial charge is 0.313 e. The number of carboxylic acid groups (broad SMARTS) is 1. The fraction of sp³-hybridized carbons (Fsp3) is 0.0833. The Morgan fingerprint density at radius 3 is 2.95 bits per heavy atom. The molecule has 1 aromatic heterocycles. The summed E-state index contributed by atoms with van der Waals surface area (Å²) in [6, 6.07) is 8.92. The molecule has 0 spiro atoms. The highest BCUT2D eigenvalue weighted by atomic mass is 35.5. The summed E-state index contributed by atoms with van der Waals surface area (Å²) in [4.78, 5) is 18.5. The van der Waals surface area contributed by atoms with E-state index < -0.39 is 5.97 Å². The average Bonchev–Trinajstić information content (AvgIpc) is 2.37. The van der Waals surface area contributed by atoms with Gasteiger partial charge in [0.25, 0.3) is 0 Å². The first kappa shape index (κ1) is 13.6. The Morgan fingerprint density at radius 2 is 2.21 bits per heavy atom. The van der Waals surface area contributed by atoms with Gasteiger partial charge in [-0.3, -0.25) is 4.79 Å². The minimum Gasteiger partial charge on any atom is -0.481 e. The first-order chi connectivity index (χ1) is 9.13. The van der Waals surface area contributed by atoms with E-state index in [2.05, 4.69) is 15.3 Å². The summed E-state index contributed by atoms with van der Waals surface area (Å²) in [5, 5.41) is 12.9. The molecule has 0 radical (unpaired) electrons. The third-order valence-electron chi connectivity index (χ3n) is 2.08. The lowest BCUT2D eigenvalue weighted by molar-refractivity contribution is -0.133. The number of aliphatic carboxylic acids is 1. The SMILES string of the molecule is O=C(O)CSc1cc(Nc2cccc(Cl)c2)ncn1. The molecule has 0 bridgehead atoms. The molecule has 2 N–H and O–H groups in total. The highest BCUT2D eigenvalue weighted by molar-refractivity contribution is 7.99. The third-order valence-corrected chi connectivity index (χ3v) is 3.23. The van der Waals surface area contributed by atoms with Crippen LogP contribution in [0, 0.1) is 0 Å². The van der Waals surface area contributed by atoms with Crippen LogP contribution >= 0.6 is 23.4 Å². The number of thioether (sulfide) groups is 1. The second-order valence-electron chi connectivity index (χ2n) is 3.56. The number of nitrogens with one attached hydrogen (secondary N) is 1. The van der Waals surface area contributed by atoms with Crippen LogP contribution in [0.3, 0.4) is 0 Å². The Kier molecular flexibility index (Phi) is 4.59. The van der Waals surface area contributed by atoms with E-state index in [9.17, 15) is 4.79 Å². The monoisotopic (exact) mass is 295 g/mol. The molecule has 2 rings (SSSR count). The molecule has 0 aliphatic carbocycles. The molecule has 0 saturated carbocycles. The van der Waals surface area contributed by atoms with Crippen molar-refractivity contribution in [2.24, 2.45) is 0 Å². The molecular formula is C12H10ClN3O2S. The lowest BCUT2D eigenvalue weighted by Gasteiger charge is -2.06. The van der Waals surface area contributed by atoms with Gasteiger partial charge in [-0.25, -0.2) is 9.97 Å². The van der Waals surface area contributed by atoms with E-state index in [1.54, 1.807) is 18.2 Å². The van der Waals surface area contributed by atoms with Crippen molar-refractivity contribution in [1.82, 2.24) is 9.97 Å². The van der Waals surface area contributed by atoms with Gasteiger partial charge in [-0.15, -0.1) is 0 Å². The summed E-state index contributed by atoms with van der Waals surface area (Å²) in [6.07, 6.45) is 1.39. The maximum absolute atomic E-state index is 10.5. The zero-order valence-electron chi connectivity index (χ0n) is 9.71. The van der Waals surface area contributed by atoms with Gasteiger partial charge in [0.1, 0.15) is 17.2 Å². The second-order valence-corrected chi connectivity index (χ2v) is 4.99. The topological polar surface area (TPSA) is 75.1 Å². The van der Waals surface area contributed by atoms with E-state index in [4.69, 9.17) is 16.7 Å². The molecular weight excluding hydrogens is 286 g/mol. The van der Waals surface area contributed by atoms with E-state index >= 15 is 0 Å². The standard InChI is InChI=1S/C12H10ClN3O2S/c13-8-2-1-3-9(4-8)16-10-5-11(15-7-14-10)19-6-12(17)18/h1-5,7H,6H2,(H,17,18)(H,14,15,16). The van der Waals surface area contributed by atoms with Crippen LogP contribution in [0.15, 0.2) is 41.7 Å². The largest absolute Gasteiger partial charge is 0.481 e. The number of aromatic nitrogens is 2. The van der Waals surface area contributed by atoms with Crippen LogP contribution in [0.1, 0.15) is 0 Å². The molecule has 0 aliphatic rings. The van der Waals surface area contributed by atoms with Gasteiger partial charge in [0.15, 0.2) is 0 Å². The zero-order valence-corrected chi connectivity index (χ0v) is 11.3. The number of anilines is 2. The van der Waals surface area contributed by atoms with Crippen LogP contribution in [-0.4, -0.2) is 26.8 Å². The molecule has 1 aromatic carbocycles. The number of nitrogens with zero attached hydrogens (tertiary/aromatic N) is 2. The Morgan fingerprint density at radius 1 is 1.37 bits per heavy atom. The fourth-order valence-electron chi connectivity index (χ4n) is 1.34. The van der Waals surface area contributed by atoms with Gasteiger partial charge >= 0.3 is 5.97 Å². The zero-order chi connectivity index (χ0) is 13.7. The minimum atomic E-state index is -0.882. The number of hydrogen-bond donors (Lipinski definition) is 2. The van der Waals surface area contributed by atoms with Gasteiger partial charge in [0, 0.05) is 16.8 Å². The van der Waals surface area contributed by atoms with Crippen molar-refractivity contribution in [1.29, 1.82) is 0 Å². The van der Waals surface area contributed by atoms with Gasteiger partial charge in [-0.2, -0.15) is 0 Å². The quantitative estimate of drug-likeness (QED) is 0.652. The number of carbonyl (C=O) groups is 1. The third kappa shape index (κ3) is 4.42. The predicted octanol–water partition coefficient (Wildman–Crippen LogP) is 3.05. The Balaban J connectivity index is 2.08. The summed E-state index contributed by atoms with van der Waals surface area (Å²) >= 11 is 7.02. The molecule has 5 nitrogen and oxygen atoms in total. The Hall–Kier alpha value is -1.79. The molecule has 0 amide bonds.